The molecule has 1 aliphatic heterocycles. The molecule has 1 aliphatic rings. The van der Waals surface area contributed by atoms with Gasteiger partial charge >= 0.3 is 0 Å². The number of aryl methyl sites for hydroxylation is 1. The van der Waals surface area contributed by atoms with Crippen LogP contribution in [0.15, 0.2) is 84.9 Å². The van der Waals surface area contributed by atoms with E-state index in [2.05, 4.69) is 65.8 Å². The largest absolute Gasteiger partial charge is 0.355 e. The van der Waals surface area contributed by atoms with Crippen molar-refractivity contribution in [3.8, 4) is 11.1 Å². The molecule has 0 spiro atoms. The molecule has 5 heteroatoms. The van der Waals surface area contributed by atoms with Gasteiger partial charge in [0.2, 0.25) is 5.91 Å². The van der Waals surface area contributed by atoms with Crippen LogP contribution in [0, 0.1) is 5.92 Å². The van der Waals surface area contributed by atoms with Crippen LogP contribution >= 0.6 is 0 Å². The number of benzene rings is 3. The van der Waals surface area contributed by atoms with Gasteiger partial charge in [-0.3, -0.25) is 14.5 Å². The van der Waals surface area contributed by atoms with Gasteiger partial charge in [-0.05, 0) is 79.8 Å². The van der Waals surface area contributed by atoms with E-state index in [0.717, 1.165) is 56.2 Å². The number of nitrogens with one attached hydrogen (secondary N) is 2. The average molecular weight is 526 g/mol. The van der Waals surface area contributed by atoms with Crippen molar-refractivity contribution in [1.82, 2.24) is 15.5 Å². The molecule has 206 valence electrons. The Morgan fingerprint density at radius 1 is 0.872 bits per heavy atom. The maximum Gasteiger partial charge on any atom is 0.251 e. The van der Waals surface area contributed by atoms with E-state index in [1.807, 2.05) is 48.5 Å². The van der Waals surface area contributed by atoms with Crippen LogP contribution in [-0.2, 0) is 11.2 Å². The Kier molecular flexibility index (Phi) is 10.7. The molecule has 0 unspecified atom stereocenters. The smallest absolute Gasteiger partial charge is 0.251 e. The van der Waals surface area contributed by atoms with E-state index < -0.39 is 0 Å². The Balaban J connectivity index is 1.28. The molecule has 2 atom stereocenters. The van der Waals surface area contributed by atoms with Gasteiger partial charge in [0, 0.05) is 24.7 Å². The van der Waals surface area contributed by atoms with Gasteiger partial charge < -0.3 is 10.6 Å². The summed E-state index contributed by atoms with van der Waals surface area (Å²) in [5, 5.41) is 6.45. The number of carbonyl (C=O) groups excluding carboxylic acids is 2. The molecule has 0 saturated carbocycles. The van der Waals surface area contributed by atoms with Gasteiger partial charge in [0.1, 0.15) is 0 Å². The van der Waals surface area contributed by atoms with Crippen LogP contribution in [0.5, 0.6) is 0 Å². The van der Waals surface area contributed by atoms with Gasteiger partial charge in [0.25, 0.3) is 5.91 Å². The number of nitrogens with zero attached hydrogens (tertiary/aromatic N) is 1. The zero-order valence-electron chi connectivity index (χ0n) is 23.4. The summed E-state index contributed by atoms with van der Waals surface area (Å²) in [5.41, 5.74) is 4.24. The summed E-state index contributed by atoms with van der Waals surface area (Å²) in [6.07, 6.45) is 5.83. The fourth-order valence-corrected chi connectivity index (χ4v) is 5.51. The Morgan fingerprint density at radius 3 is 2.23 bits per heavy atom. The zero-order valence-corrected chi connectivity index (χ0v) is 23.4. The van der Waals surface area contributed by atoms with E-state index in [4.69, 9.17) is 0 Å². The maximum absolute atomic E-state index is 13.2. The van der Waals surface area contributed by atoms with Gasteiger partial charge in [-0.15, -0.1) is 0 Å². The lowest BCUT2D eigenvalue weighted by atomic mass is 10.0. The highest BCUT2D eigenvalue weighted by atomic mass is 16.2. The van der Waals surface area contributed by atoms with Gasteiger partial charge in [-0.2, -0.15) is 0 Å². The molecule has 1 fully saturated rings. The molecule has 39 heavy (non-hydrogen) atoms. The summed E-state index contributed by atoms with van der Waals surface area (Å²) in [7, 11) is 0. The van der Waals surface area contributed by atoms with Crippen LogP contribution in [0.1, 0.15) is 61.9 Å². The molecule has 2 N–H and O–H groups in total. The van der Waals surface area contributed by atoms with Crippen LogP contribution in [0.25, 0.3) is 11.1 Å². The van der Waals surface area contributed by atoms with Crippen molar-refractivity contribution in [2.24, 2.45) is 5.92 Å². The predicted molar refractivity (Wildman–Crippen MR) is 160 cm³/mol. The monoisotopic (exact) mass is 525 g/mol. The third-order valence-corrected chi connectivity index (χ3v) is 7.50. The molecule has 0 aromatic heterocycles. The Labute approximate surface area is 234 Å². The minimum Gasteiger partial charge on any atom is -0.355 e. The number of likely N-dealkylation sites (tertiary alicyclic amines) is 1. The normalized spacial score (nSPS) is 16.2. The van der Waals surface area contributed by atoms with Crippen molar-refractivity contribution in [3.05, 3.63) is 96.1 Å². The molecular formula is C34H43N3O2. The highest BCUT2D eigenvalue weighted by Gasteiger charge is 2.32. The molecule has 0 radical (unpaired) electrons. The highest BCUT2D eigenvalue weighted by Crippen LogP contribution is 2.21. The maximum atomic E-state index is 13.2. The number of amides is 2. The minimum atomic E-state index is -0.115. The number of carbonyl (C=O) groups is 2. The SMILES string of the molecule is CC(C)C[C@H](CN1CCC[C@H]1C(=O)NCCCCc1ccccc1)NC(=O)c1ccc(-c2ccccc2)cc1. The fraction of sp³-hybridized carbons (Fsp3) is 0.412. The Morgan fingerprint density at radius 2 is 1.54 bits per heavy atom. The molecule has 3 aromatic carbocycles. The van der Waals surface area contributed by atoms with Crippen molar-refractivity contribution in [3.63, 3.8) is 0 Å². The summed E-state index contributed by atoms with van der Waals surface area (Å²) in [6, 6.07) is 28.3. The van der Waals surface area contributed by atoms with Gasteiger partial charge in [0.05, 0.1) is 6.04 Å². The highest BCUT2D eigenvalue weighted by molar-refractivity contribution is 5.95. The summed E-state index contributed by atoms with van der Waals surface area (Å²) in [4.78, 5) is 28.5. The van der Waals surface area contributed by atoms with E-state index in [1.54, 1.807) is 0 Å². The van der Waals surface area contributed by atoms with E-state index in [9.17, 15) is 9.59 Å². The van der Waals surface area contributed by atoms with Crippen molar-refractivity contribution >= 4 is 11.8 Å². The first-order chi connectivity index (χ1) is 19.0. The molecule has 1 saturated heterocycles. The van der Waals surface area contributed by atoms with Crippen molar-refractivity contribution in [1.29, 1.82) is 0 Å². The van der Waals surface area contributed by atoms with Crippen LogP contribution in [0.2, 0.25) is 0 Å². The number of hydrogen-bond donors (Lipinski definition) is 2. The van der Waals surface area contributed by atoms with Crippen LogP contribution in [0.3, 0.4) is 0 Å². The number of hydrogen-bond acceptors (Lipinski definition) is 3. The second-order valence-electron chi connectivity index (χ2n) is 11.1. The molecule has 0 bridgehead atoms. The standard InChI is InChI=1S/C34H43N3O2/c1-26(2)24-31(36-33(38)30-20-18-29(19-21-30)28-15-7-4-8-16-28)25-37-23-11-17-32(37)34(39)35-22-10-9-14-27-12-5-3-6-13-27/h3-8,12-13,15-16,18-21,26,31-32H,9-11,14,17,22-25H2,1-2H3,(H,35,39)(H,36,38)/t31-,32+/m1/s1. The molecule has 3 aromatic rings. The van der Waals surface area contributed by atoms with Crippen LogP contribution in [-0.4, -0.2) is 48.4 Å². The summed E-state index contributed by atoms with van der Waals surface area (Å²) in [5.74, 6) is 0.507. The lowest BCUT2D eigenvalue weighted by Gasteiger charge is -2.30. The fourth-order valence-electron chi connectivity index (χ4n) is 5.51. The zero-order chi connectivity index (χ0) is 27.5. The summed E-state index contributed by atoms with van der Waals surface area (Å²) >= 11 is 0. The van der Waals surface area contributed by atoms with E-state index >= 15 is 0 Å². The minimum absolute atomic E-state index is 0.00873. The third-order valence-electron chi connectivity index (χ3n) is 7.50. The van der Waals surface area contributed by atoms with Crippen molar-refractivity contribution in [2.75, 3.05) is 19.6 Å². The third kappa shape index (κ3) is 8.79. The number of unbranched alkanes of at least 4 members (excludes halogenated alkanes) is 1. The molecular weight excluding hydrogens is 482 g/mol. The first kappa shape index (κ1) is 28.6. The summed E-state index contributed by atoms with van der Waals surface area (Å²) < 4.78 is 0. The second kappa shape index (κ2) is 14.6. The van der Waals surface area contributed by atoms with E-state index in [1.165, 1.54) is 5.56 Å². The lowest BCUT2D eigenvalue weighted by molar-refractivity contribution is -0.125. The first-order valence-electron chi connectivity index (χ1n) is 14.5. The number of rotatable bonds is 13. The van der Waals surface area contributed by atoms with Gasteiger partial charge in [0.15, 0.2) is 0 Å². The first-order valence-corrected chi connectivity index (χ1v) is 14.5. The molecule has 1 heterocycles. The molecule has 2 amide bonds. The molecule has 5 nitrogen and oxygen atoms in total. The van der Waals surface area contributed by atoms with Crippen molar-refractivity contribution < 1.29 is 9.59 Å². The average Bonchev–Trinajstić information content (AvgIpc) is 3.41. The van der Waals surface area contributed by atoms with Crippen molar-refractivity contribution in [2.45, 2.75) is 64.5 Å². The Bertz CT molecular complexity index is 1160. The lowest BCUT2D eigenvalue weighted by Crippen LogP contribution is -2.50. The van der Waals surface area contributed by atoms with Gasteiger partial charge in [-0.25, -0.2) is 0 Å². The summed E-state index contributed by atoms with van der Waals surface area (Å²) in [6.45, 7) is 6.65. The predicted octanol–water partition coefficient (Wildman–Crippen LogP) is 6.10. The van der Waals surface area contributed by atoms with Gasteiger partial charge in [-0.1, -0.05) is 86.6 Å². The van der Waals surface area contributed by atoms with E-state index in [0.29, 0.717) is 24.6 Å². The van der Waals surface area contributed by atoms with Crippen LogP contribution < -0.4 is 10.6 Å². The quantitative estimate of drug-likeness (QED) is 0.265. The molecule has 0 aliphatic carbocycles. The second-order valence-corrected chi connectivity index (χ2v) is 11.1. The van der Waals surface area contributed by atoms with Crippen LogP contribution in [0.4, 0.5) is 0 Å². The Hall–Kier alpha value is -3.44. The molecule has 4 rings (SSSR count). The topological polar surface area (TPSA) is 61.4 Å². The van der Waals surface area contributed by atoms with E-state index in [-0.39, 0.29) is 23.9 Å².